The van der Waals surface area contributed by atoms with Crippen LogP contribution in [0.1, 0.15) is 54.3 Å². The Labute approximate surface area is 114 Å². The smallest absolute Gasteiger partial charge is 0.122 e. The van der Waals surface area contributed by atoms with Gasteiger partial charge in [-0.05, 0) is 51.8 Å². The van der Waals surface area contributed by atoms with Crippen molar-refractivity contribution in [1.29, 1.82) is 0 Å². The zero-order chi connectivity index (χ0) is 14.0. The molecule has 0 radical (unpaired) electrons. The minimum Gasteiger partial charge on any atom is -0.347 e. The molecule has 0 fully saturated rings. The Balaban J connectivity index is 2.18. The number of H-pyrrole nitrogens is 1. The Morgan fingerprint density at radius 1 is 1.16 bits per heavy atom. The van der Waals surface area contributed by atoms with Gasteiger partial charge in [0.05, 0.1) is 6.04 Å². The molecule has 2 atom stereocenters. The summed E-state index contributed by atoms with van der Waals surface area (Å²) in [6.45, 7) is 10.5. The fourth-order valence-electron chi connectivity index (χ4n) is 2.74. The first-order valence-corrected chi connectivity index (χ1v) is 6.69. The van der Waals surface area contributed by atoms with Crippen LogP contribution in [0, 0.1) is 20.8 Å². The van der Waals surface area contributed by atoms with E-state index in [2.05, 4.69) is 54.0 Å². The summed E-state index contributed by atoms with van der Waals surface area (Å²) in [6, 6.07) is 2.57. The molecule has 0 saturated carbocycles. The molecule has 4 nitrogen and oxygen atoms in total. The number of hydrogen-bond acceptors (Lipinski definition) is 3. The molecule has 4 heteroatoms. The van der Waals surface area contributed by atoms with Crippen molar-refractivity contribution >= 4 is 0 Å². The van der Waals surface area contributed by atoms with Crippen LogP contribution in [0.15, 0.2) is 18.5 Å². The van der Waals surface area contributed by atoms with Crippen molar-refractivity contribution in [3.63, 3.8) is 0 Å². The molecule has 0 aliphatic heterocycles. The molecule has 0 bridgehead atoms. The summed E-state index contributed by atoms with van der Waals surface area (Å²) < 4.78 is 0. The van der Waals surface area contributed by atoms with Crippen molar-refractivity contribution in [3.05, 3.63) is 46.8 Å². The molecule has 2 N–H and O–H groups in total. The molecule has 0 amide bonds. The first-order chi connectivity index (χ1) is 8.99. The summed E-state index contributed by atoms with van der Waals surface area (Å²) in [7, 11) is 0. The van der Waals surface area contributed by atoms with Gasteiger partial charge in [-0.25, -0.2) is 4.98 Å². The third-order valence-electron chi connectivity index (χ3n) is 3.45. The Hall–Kier alpha value is -1.68. The van der Waals surface area contributed by atoms with Gasteiger partial charge in [-0.2, -0.15) is 0 Å². The van der Waals surface area contributed by atoms with Gasteiger partial charge in [-0.1, -0.05) is 0 Å². The monoisotopic (exact) mass is 258 g/mol. The topological polar surface area (TPSA) is 53.6 Å². The largest absolute Gasteiger partial charge is 0.347 e. The highest BCUT2D eigenvalue weighted by Gasteiger charge is 2.16. The Bertz CT molecular complexity index is 522. The number of aryl methyl sites for hydroxylation is 3. The molecule has 0 aliphatic rings. The van der Waals surface area contributed by atoms with Crippen LogP contribution in [0.3, 0.4) is 0 Å². The lowest BCUT2D eigenvalue weighted by Crippen LogP contribution is -2.25. The number of aromatic amines is 1. The molecular formula is C15H22N4. The highest BCUT2D eigenvalue weighted by atomic mass is 15.0. The average molecular weight is 258 g/mol. The van der Waals surface area contributed by atoms with E-state index in [0.29, 0.717) is 0 Å². The van der Waals surface area contributed by atoms with Crippen molar-refractivity contribution in [3.8, 4) is 0 Å². The normalized spacial score (nSPS) is 14.4. The molecule has 2 rings (SSSR count). The summed E-state index contributed by atoms with van der Waals surface area (Å²) >= 11 is 0. The van der Waals surface area contributed by atoms with Gasteiger partial charge >= 0.3 is 0 Å². The Morgan fingerprint density at radius 2 is 1.89 bits per heavy atom. The standard InChI is InChI=1S/C15H22N4/c1-9-8-10(2)18-11(3)14(9)12(4)19-13(5)15-16-6-7-17-15/h6-8,12-13,19H,1-5H3,(H,16,17). The number of nitrogens with zero attached hydrogens (tertiary/aromatic N) is 2. The maximum atomic E-state index is 4.56. The van der Waals surface area contributed by atoms with E-state index in [1.165, 1.54) is 11.1 Å². The van der Waals surface area contributed by atoms with E-state index in [0.717, 1.165) is 17.2 Å². The maximum Gasteiger partial charge on any atom is 0.122 e. The highest BCUT2D eigenvalue weighted by Crippen LogP contribution is 2.23. The SMILES string of the molecule is Cc1cc(C)c(C(C)NC(C)c2ncc[nH]2)c(C)n1. The predicted molar refractivity (Wildman–Crippen MR) is 77.0 cm³/mol. The highest BCUT2D eigenvalue weighted by molar-refractivity contribution is 5.33. The van der Waals surface area contributed by atoms with Gasteiger partial charge < -0.3 is 10.3 Å². The van der Waals surface area contributed by atoms with Gasteiger partial charge in [-0.3, -0.25) is 4.98 Å². The number of pyridine rings is 1. The summed E-state index contributed by atoms with van der Waals surface area (Å²) in [5.74, 6) is 0.960. The van der Waals surface area contributed by atoms with Crippen molar-refractivity contribution in [2.75, 3.05) is 0 Å². The number of imidazole rings is 1. The van der Waals surface area contributed by atoms with Crippen LogP contribution in [0.5, 0.6) is 0 Å². The summed E-state index contributed by atoms with van der Waals surface area (Å²) in [6.07, 6.45) is 3.63. The lowest BCUT2D eigenvalue weighted by Gasteiger charge is -2.22. The van der Waals surface area contributed by atoms with E-state index in [1.54, 1.807) is 6.20 Å². The van der Waals surface area contributed by atoms with E-state index < -0.39 is 0 Å². The molecule has 0 aromatic carbocycles. The molecule has 0 saturated heterocycles. The van der Waals surface area contributed by atoms with Crippen LogP contribution in [-0.2, 0) is 0 Å². The Kier molecular flexibility index (Phi) is 4.00. The lowest BCUT2D eigenvalue weighted by atomic mass is 10.00. The first kappa shape index (κ1) is 13.7. The molecule has 2 heterocycles. The van der Waals surface area contributed by atoms with E-state index in [4.69, 9.17) is 0 Å². The van der Waals surface area contributed by atoms with E-state index in [-0.39, 0.29) is 12.1 Å². The van der Waals surface area contributed by atoms with Crippen LogP contribution in [0.2, 0.25) is 0 Å². The van der Waals surface area contributed by atoms with Gasteiger partial charge in [0.15, 0.2) is 0 Å². The fraction of sp³-hybridized carbons (Fsp3) is 0.467. The number of nitrogens with one attached hydrogen (secondary N) is 2. The molecule has 19 heavy (non-hydrogen) atoms. The zero-order valence-corrected chi connectivity index (χ0v) is 12.3. The minimum atomic E-state index is 0.185. The van der Waals surface area contributed by atoms with Gasteiger partial charge in [0.2, 0.25) is 0 Å². The summed E-state index contributed by atoms with van der Waals surface area (Å²) in [5.41, 5.74) is 4.75. The molecule has 2 aromatic rings. The zero-order valence-electron chi connectivity index (χ0n) is 12.3. The van der Waals surface area contributed by atoms with Gasteiger partial charge in [0, 0.05) is 29.8 Å². The summed E-state index contributed by atoms with van der Waals surface area (Å²) in [4.78, 5) is 12.0. The second kappa shape index (κ2) is 5.53. The van der Waals surface area contributed by atoms with Gasteiger partial charge in [-0.15, -0.1) is 0 Å². The number of aromatic nitrogens is 3. The van der Waals surface area contributed by atoms with Crippen molar-refractivity contribution in [2.45, 2.75) is 46.7 Å². The quantitative estimate of drug-likeness (QED) is 0.885. The second-order valence-corrected chi connectivity index (χ2v) is 5.16. The Morgan fingerprint density at radius 3 is 2.47 bits per heavy atom. The third kappa shape index (κ3) is 3.01. The third-order valence-corrected chi connectivity index (χ3v) is 3.45. The molecule has 0 aliphatic carbocycles. The predicted octanol–water partition coefficient (Wildman–Crippen LogP) is 3.14. The molecular weight excluding hydrogens is 236 g/mol. The van der Waals surface area contributed by atoms with E-state index in [1.807, 2.05) is 13.1 Å². The minimum absolute atomic E-state index is 0.185. The summed E-state index contributed by atoms with van der Waals surface area (Å²) in [5, 5.41) is 3.57. The molecule has 102 valence electrons. The fourth-order valence-corrected chi connectivity index (χ4v) is 2.74. The lowest BCUT2D eigenvalue weighted by molar-refractivity contribution is 0.475. The van der Waals surface area contributed by atoms with Crippen LogP contribution in [-0.4, -0.2) is 15.0 Å². The van der Waals surface area contributed by atoms with Crippen molar-refractivity contribution < 1.29 is 0 Å². The van der Waals surface area contributed by atoms with E-state index >= 15 is 0 Å². The van der Waals surface area contributed by atoms with Crippen molar-refractivity contribution in [2.24, 2.45) is 0 Å². The first-order valence-electron chi connectivity index (χ1n) is 6.69. The average Bonchev–Trinajstić information content (AvgIpc) is 2.80. The van der Waals surface area contributed by atoms with E-state index in [9.17, 15) is 0 Å². The van der Waals surface area contributed by atoms with Crippen LogP contribution in [0.4, 0.5) is 0 Å². The van der Waals surface area contributed by atoms with Crippen LogP contribution in [0.25, 0.3) is 0 Å². The molecule has 2 aromatic heterocycles. The van der Waals surface area contributed by atoms with Gasteiger partial charge in [0.1, 0.15) is 5.82 Å². The number of rotatable bonds is 4. The van der Waals surface area contributed by atoms with Crippen LogP contribution >= 0.6 is 0 Å². The van der Waals surface area contributed by atoms with Crippen molar-refractivity contribution in [1.82, 2.24) is 20.3 Å². The van der Waals surface area contributed by atoms with Crippen LogP contribution < -0.4 is 5.32 Å². The molecule has 2 unspecified atom stereocenters. The van der Waals surface area contributed by atoms with Gasteiger partial charge in [0.25, 0.3) is 0 Å². The molecule has 0 spiro atoms. The maximum absolute atomic E-state index is 4.56. The number of hydrogen-bond donors (Lipinski definition) is 2. The second-order valence-electron chi connectivity index (χ2n) is 5.16.